The molecule has 0 aliphatic rings. The van der Waals surface area contributed by atoms with E-state index in [0.717, 1.165) is 0 Å². The normalized spacial score (nSPS) is 9.92. The van der Waals surface area contributed by atoms with Gasteiger partial charge in [-0.15, -0.1) is 0 Å². The second-order valence-corrected chi connectivity index (χ2v) is 2.56. The Labute approximate surface area is 74.5 Å². The fourth-order valence-electron chi connectivity index (χ4n) is 0.730. The third-order valence-corrected chi connectivity index (χ3v) is 1.54. The minimum absolute atomic E-state index is 0.0189. The molecule has 0 aliphatic carbocycles. The number of halogens is 2. The predicted molar refractivity (Wildman–Crippen MR) is 44.0 cm³/mol. The van der Waals surface area contributed by atoms with Crippen LogP contribution < -0.4 is 4.74 Å². The van der Waals surface area contributed by atoms with Gasteiger partial charge >= 0.3 is 0 Å². The molecule has 0 bridgehead atoms. The molecular weight excluding hydrogens is 183 g/mol. The summed E-state index contributed by atoms with van der Waals surface area (Å²) in [5.41, 5.74) is 0. The molecule has 2 nitrogen and oxygen atoms in total. The summed E-state index contributed by atoms with van der Waals surface area (Å²) in [4.78, 5) is 0. The predicted octanol–water partition coefficient (Wildman–Crippen LogP) is 1.85. The summed E-state index contributed by atoms with van der Waals surface area (Å²) in [5.74, 6) is -0.0246. The molecule has 0 fully saturated rings. The summed E-state index contributed by atoms with van der Waals surface area (Å²) < 4.78 is 17.6. The van der Waals surface area contributed by atoms with Crippen LogP contribution in [-0.4, -0.2) is 18.3 Å². The highest BCUT2D eigenvalue weighted by atomic mass is 35.5. The van der Waals surface area contributed by atoms with Crippen molar-refractivity contribution in [3.63, 3.8) is 0 Å². The number of ether oxygens (including phenoxy) is 1. The Morgan fingerprint density at radius 3 is 2.83 bits per heavy atom. The smallest absolute Gasteiger partial charge is 0.142 e. The molecule has 0 unspecified atom stereocenters. The zero-order valence-corrected chi connectivity index (χ0v) is 7.01. The Balaban J connectivity index is 2.69. The van der Waals surface area contributed by atoms with Crippen LogP contribution in [0, 0.1) is 5.82 Å². The summed E-state index contributed by atoms with van der Waals surface area (Å²) in [6, 6.07) is 4.04. The molecular formula is C8H8ClFO2. The number of aliphatic hydroxyl groups is 1. The maximum absolute atomic E-state index is 12.6. The van der Waals surface area contributed by atoms with Gasteiger partial charge in [-0.2, -0.15) is 0 Å². The lowest BCUT2D eigenvalue weighted by molar-refractivity contribution is 0.201. The van der Waals surface area contributed by atoms with Gasteiger partial charge in [-0.1, -0.05) is 11.6 Å². The number of hydrogen-bond donors (Lipinski definition) is 1. The number of hydrogen-bond acceptors (Lipinski definition) is 2. The summed E-state index contributed by atoms with van der Waals surface area (Å²) in [6.45, 7) is 0.108. The summed E-state index contributed by atoms with van der Waals surface area (Å²) in [6.07, 6.45) is 0. The van der Waals surface area contributed by atoms with Crippen molar-refractivity contribution in [3.8, 4) is 5.75 Å². The molecule has 0 aromatic heterocycles. The lowest BCUT2D eigenvalue weighted by Crippen LogP contribution is -2.01. The van der Waals surface area contributed by atoms with Crippen molar-refractivity contribution in [1.29, 1.82) is 0 Å². The highest BCUT2D eigenvalue weighted by Crippen LogP contribution is 2.20. The number of benzene rings is 1. The molecule has 0 saturated carbocycles. The van der Waals surface area contributed by atoms with Gasteiger partial charge < -0.3 is 9.84 Å². The lowest BCUT2D eigenvalue weighted by Gasteiger charge is -2.03. The Morgan fingerprint density at radius 1 is 1.50 bits per heavy atom. The van der Waals surface area contributed by atoms with Gasteiger partial charge in [0.2, 0.25) is 0 Å². The zero-order valence-electron chi connectivity index (χ0n) is 6.26. The van der Waals surface area contributed by atoms with Crippen molar-refractivity contribution in [1.82, 2.24) is 0 Å². The van der Waals surface area contributed by atoms with Crippen LogP contribution in [0.25, 0.3) is 0 Å². The van der Waals surface area contributed by atoms with Gasteiger partial charge in [0, 0.05) is 6.07 Å². The first-order chi connectivity index (χ1) is 5.74. The van der Waals surface area contributed by atoms with E-state index in [1.165, 1.54) is 18.2 Å². The first-order valence-corrected chi connectivity index (χ1v) is 3.80. The highest BCUT2D eigenvalue weighted by molar-refractivity contribution is 6.30. The van der Waals surface area contributed by atoms with E-state index < -0.39 is 5.82 Å². The fourth-order valence-corrected chi connectivity index (χ4v) is 0.901. The maximum atomic E-state index is 12.6. The third-order valence-electron chi connectivity index (χ3n) is 1.25. The van der Waals surface area contributed by atoms with Gasteiger partial charge in [0.15, 0.2) is 0 Å². The van der Waals surface area contributed by atoms with Crippen LogP contribution in [0.3, 0.4) is 0 Å². The second-order valence-electron chi connectivity index (χ2n) is 2.15. The average molecular weight is 191 g/mol. The van der Waals surface area contributed by atoms with Crippen molar-refractivity contribution in [2.24, 2.45) is 0 Å². The van der Waals surface area contributed by atoms with E-state index in [0.29, 0.717) is 5.75 Å². The first kappa shape index (κ1) is 9.29. The van der Waals surface area contributed by atoms with E-state index >= 15 is 0 Å². The molecule has 12 heavy (non-hydrogen) atoms. The Morgan fingerprint density at radius 2 is 2.25 bits per heavy atom. The van der Waals surface area contributed by atoms with Crippen molar-refractivity contribution in [2.45, 2.75) is 0 Å². The van der Waals surface area contributed by atoms with Gasteiger partial charge in [-0.3, -0.25) is 0 Å². The van der Waals surface area contributed by atoms with Gasteiger partial charge in [0.25, 0.3) is 0 Å². The number of rotatable bonds is 3. The molecule has 1 rings (SSSR count). The van der Waals surface area contributed by atoms with E-state index in [-0.39, 0.29) is 18.2 Å². The van der Waals surface area contributed by atoms with Crippen LogP contribution in [0.1, 0.15) is 0 Å². The molecule has 0 aliphatic heterocycles. The SMILES string of the molecule is OCCOc1ccc(F)c(Cl)c1. The fraction of sp³-hybridized carbons (Fsp3) is 0.250. The van der Waals surface area contributed by atoms with Gasteiger partial charge in [0.05, 0.1) is 11.6 Å². The Hall–Kier alpha value is -0.800. The molecule has 1 N–H and O–H groups in total. The van der Waals surface area contributed by atoms with Crippen LogP contribution in [0.15, 0.2) is 18.2 Å². The quantitative estimate of drug-likeness (QED) is 0.788. The molecule has 1 aromatic rings. The monoisotopic (exact) mass is 190 g/mol. The highest BCUT2D eigenvalue weighted by Gasteiger charge is 2.00. The van der Waals surface area contributed by atoms with E-state index in [9.17, 15) is 4.39 Å². The van der Waals surface area contributed by atoms with E-state index in [2.05, 4.69) is 0 Å². The minimum atomic E-state index is -0.479. The second kappa shape index (κ2) is 4.28. The topological polar surface area (TPSA) is 29.5 Å². The Kier molecular flexibility index (Phi) is 3.31. The van der Waals surface area contributed by atoms with Crippen molar-refractivity contribution < 1.29 is 14.2 Å². The molecule has 0 heterocycles. The van der Waals surface area contributed by atoms with Gasteiger partial charge in [-0.25, -0.2) is 4.39 Å². The van der Waals surface area contributed by atoms with Gasteiger partial charge in [0.1, 0.15) is 18.2 Å². The summed E-state index contributed by atoms with van der Waals surface area (Å²) >= 11 is 5.48. The first-order valence-electron chi connectivity index (χ1n) is 3.43. The van der Waals surface area contributed by atoms with Crippen LogP contribution in [0.2, 0.25) is 5.02 Å². The average Bonchev–Trinajstić information content (AvgIpc) is 2.07. The minimum Gasteiger partial charge on any atom is -0.491 e. The molecule has 0 saturated heterocycles. The number of aliphatic hydroxyl groups excluding tert-OH is 1. The van der Waals surface area contributed by atoms with E-state index in [1.54, 1.807) is 0 Å². The molecule has 0 radical (unpaired) electrons. The molecule has 66 valence electrons. The largest absolute Gasteiger partial charge is 0.491 e. The summed E-state index contributed by atoms with van der Waals surface area (Å²) in [7, 11) is 0. The van der Waals surface area contributed by atoms with E-state index in [1.807, 2.05) is 0 Å². The van der Waals surface area contributed by atoms with Crippen molar-refractivity contribution >= 4 is 11.6 Å². The molecule has 0 amide bonds. The van der Waals surface area contributed by atoms with Crippen LogP contribution >= 0.6 is 11.6 Å². The molecule has 1 aromatic carbocycles. The summed E-state index contributed by atoms with van der Waals surface area (Å²) in [5, 5.41) is 8.44. The molecule has 0 spiro atoms. The Bertz CT molecular complexity index is 265. The van der Waals surface area contributed by atoms with E-state index in [4.69, 9.17) is 21.4 Å². The third kappa shape index (κ3) is 2.36. The van der Waals surface area contributed by atoms with Crippen molar-refractivity contribution in [3.05, 3.63) is 29.0 Å². The van der Waals surface area contributed by atoms with Crippen LogP contribution in [0.4, 0.5) is 4.39 Å². The lowest BCUT2D eigenvalue weighted by atomic mass is 10.3. The molecule has 4 heteroatoms. The molecule has 0 atom stereocenters. The van der Waals surface area contributed by atoms with Gasteiger partial charge in [-0.05, 0) is 12.1 Å². The van der Waals surface area contributed by atoms with Crippen molar-refractivity contribution in [2.75, 3.05) is 13.2 Å². The van der Waals surface area contributed by atoms with Crippen LogP contribution in [0.5, 0.6) is 5.75 Å². The maximum Gasteiger partial charge on any atom is 0.142 e. The standard InChI is InChI=1S/C8H8ClFO2/c9-7-5-6(12-4-3-11)1-2-8(7)10/h1-2,5,11H,3-4H2. The van der Waals surface area contributed by atoms with Crippen LogP contribution in [-0.2, 0) is 0 Å². The zero-order chi connectivity index (χ0) is 8.97.